The molecule has 0 aromatic heterocycles. The van der Waals surface area contributed by atoms with Crippen LogP contribution in [0, 0.1) is 5.41 Å². The van der Waals surface area contributed by atoms with Crippen molar-refractivity contribution in [3.05, 3.63) is 29.8 Å². The molecule has 1 aromatic rings. The third-order valence-corrected chi connectivity index (χ3v) is 5.61. The van der Waals surface area contributed by atoms with Gasteiger partial charge in [-0.15, -0.1) is 0 Å². The van der Waals surface area contributed by atoms with Gasteiger partial charge in [-0.25, -0.2) is 0 Å². The van der Waals surface area contributed by atoms with Crippen LogP contribution in [0.15, 0.2) is 29.3 Å². The summed E-state index contributed by atoms with van der Waals surface area (Å²) in [6, 6.07) is 8.02. The molecule has 160 valence electrons. The molecule has 0 saturated carbocycles. The third-order valence-electron chi connectivity index (χ3n) is 5.61. The number of morpholine rings is 1. The molecule has 7 heteroatoms. The Morgan fingerprint density at radius 2 is 2.03 bits per heavy atom. The van der Waals surface area contributed by atoms with Gasteiger partial charge in [0.05, 0.1) is 13.2 Å². The average molecular weight is 402 g/mol. The number of rotatable bonds is 6. The minimum Gasteiger partial charge on any atom is -0.379 e. The summed E-state index contributed by atoms with van der Waals surface area (Å²) >= 11 is 0. The van der Waals surface area contributed by atoms with Crippen LogP contribution in [0.25, 0.3) is 0 Å². The first-order chi connectivity index (χ1) is 13.9. The first kappa shape index (κ1) is 21.6. The van der Waals surface area contributed by atoms with Crippen molar-refractivity contribution in [2.75, 3.05) is 58.3 Å². The standard InChI is InChI=1S/C22H35N5O2/c1-22(2)8-10-27(17-22)21(23-3)24-16-18-5-4-6-19(15-18)25-20(28)7-9-26-11-13-29-14-12-26/h4-6,15H,7-14,16-17H2,1-3H3,(H,23,24)(H,25,28). The van der Waals surface area contributed by atoms with Crippen LogP contribution < -0.4 is 10.6 Å². The van der Waals surface area contributed by atoms with E-state index in [4.69, 9.17) is 4.74 Å². The minimum atomic E-state index is 0.0525. The predicted molar refractivity (Wildman–Crippen MR) is 117 cm³/mol. The SMILES string of the molecule is CN=C(NCc1cccc(NC(=O)CCN2CCOCC2)c1)N1CCC(C)(C)C1. The zero-order chi connectivity index (χ0) is 20.7. The molecule has 2 aliphatic heterocycles. The number of nitrogens with zero attached hydrogens (tertiary/aromatic N) is 3. The minimum absolute atomic E-state index is 0.0525. The number of hydrogen-bond donors (Lipinski definition) is 2. The van der Waals surface area contributed by atoms with Gasteiger partial charge in [-0.05, 0) is 29.5 Å². The van der Waals surface area contributed by atoms with E-state index < -0.39 is 0 Å². The number of amides is 1. The van der Waals surface area contributed by atoms with Crippen molar-refractivity contribution in [1.82, 2.24) is 15.1 Å². The van der Waals surface area contributed by atoms with Crippen molar-refractivity contribution in [1.29, 1.82) is 0 Å². The number of benzene rings is 1. The molecule has 2 saturated heterocycles. The van der Waals surface area contributed by atoms with E-state index in [1.165, 1.54) is 6.42 Å². The zero-order valence-corrected chi connectivity index (χ0v) is 18.0. The largest absolute Gasteiger partial charge is 0.379 e. The van der Waals surface area contributed by atoms with Crippen LogP contribution >= 0.6 is 0 Å². The lowest BCUT2D eigenvalue weighted by Gasteiger charge is -2.26. The van der Waals surface area contributed by atoms with E-state index in [1.807, 2.05) is 25.2 Å². The highest BCUT2D eigenvalue weighted by Crippen LogP contribution is 2.28. The van der Waals surface area contributed by atoms with Crippen LogP contribution in [0.3, 0.4) is 0 Å². The molecular formula is C22H35N5O2. The molecule has 0 spiro atoms. The molecule has 0 radical (unpaired) electrons. The Labute approximate surface area is 174 Å². The van der Waals surface area contributed by atoms with Crippen LogP contribution in [0.2, 0.25) is 0 Å². The van der Waals surface area contributed by atoms with Crippen LogP contribution in [0.5, 0.6) is 0 Å². The lowest BCUT2D eigenvalue weighted by molar-refractivity contribution is -0.116. The van der Waals surface area contributed by atoms with Crippen LogP contribution in [0.4, 0.5) is 5.69 Å². The fourth-order valence-electron chi connectivity index (χ4n) is 3.87. The number of aliphatic imine (C=N–C) groups is 1. The Hall–Kier alpha value is -2.12. The maximum absolute atomic E-state index is 12.3. The molecule has 3 rings (SSSR count). The summed E-state index contributed by atoms with van der Waals surface area (Å²) in [5.41, 5.74) is 2.30. The molecule has 0 bridgehead atoms. The van der Waals surface area contributed by atoms with E-state index in [1.54, 1.807) is 0 Å². The lowest BCUT2D eigenvalue weighted by atomic mass is 9.93. The molecule has 1 aromatic carbocycles. The van der Waals surface area contributed by atoms with Gasteiger partial charge < -0.3 is 20.3 Å². The van der Waals surface area contributed by atoms with E-state index in [0.717, 1.165) is 63.1 Å². The molecule has 0 aliphatic carbocycles. The van der Waals surface area contributed by atoms with Gasteiger partial charge in [-0.2, -0.15) is 0 Å². The van der Waals surface area contributed by atoms with Crippen molar-refractivity contribution in [2.24, 2.45) is 10.4 Å². The number of likely N-dealkylation sites (tertiary alicyclic amines) is 1. The second-order valence-electron chi connectivity index (χ2n) is 8.69. The van der Waals surface area contributed by atoms with E-state index in [0.29, 0.717) is 18.4 Å². The normalized spacial score (nSPS) is 20.0. The Morgan fingerprint density at radius 3 is 2.72 bits per heavy atom. The highest BCUT2D eigenvalue weighted by Gasteiger charge is 2.30. The average Bonchev–Trinajstić information content (AvgIpc) is 3.07. The van der Waals surface area contributed by atoms with Gasteiger partial charge in [-0.1, -0.05) is 26.0 Å². The highest BCUT2D eigenvalue weighted by molar-refractivity contribution is 5.90. The molecule has 2 heterocycles. The van der Waals surface area contributed by atoms with Gasteiger partial charge in [0.15, 0.2) is 5.96 Å². The molecule has 2 fully saturated rings. The Balaban J connectivity index is 1.46. The summed E-state index contributed by atoms with van der Waals surface area (Å²) in [5, 5.41) is 6.48. The zero-order valence-electron chi connectivity index (χ0n) is 18.0. The summed E-state index contributed by atoms with van der Waals surface area (Å²) in [6.45, 7) is 11.4. The smallest absolute Gasteiger partial charge is 0.225 e. The number of carbonyl (C=O) groups excluding carboxylic acids is 1. The summed E-state index contributed by atoms with van der Waals surface area (Å²) in [4.78, 5) is 21.3. The van der Waals surface area contributed by atoms with E-state index in [2.05, 4.69) is 45.3 Å². The van der Waals surface area contributed by atoms with Gasteiger partial charge >= 0.3 is 0 Å². The summed E-state index contributed by atoms with van der Waals surface area (Å²) in [6.07, 6.45) is 1.68. The predicted octanol–water partition coefficient (Wildman–Crippen LogP) is 2.15. The fourth-order valence-corrected chi connectivity index (χ4v) is 3.87. The van der Waals surface area contributed by atoms with E-state index in [-0.39, 0.29) is 5.91 Å². The molecule has 2 aliphatic rings. The van der Waals surface area contributed by atoms with Gasteiger partial charge in [0.25, 0.3) is 0 Å². The maximum Gasteiger partial charge on any atom is 0.225 e. The number of ether oxygens (including phenoxy) is 1. The first-order valence-electron chi connectivity index (χ1n) is 10.6. The van der Waals surface area contributed by atoms with Crippen molar-refractivity contribution in [2.45, 2.75) is 33.2 Å². The van der Waals surface area contributed by atoms with Gasteiger partial charge in [0.1, 0.15) is 0 Å². The van der Waals surface area contributed by atoms with Gasteiger partial charge in [0, 0.05) is 58.4 Å². The fraction of sp³-hybridized carbons (Fsp3) is 0.636. The Kier molecular flexibility index (Phi) is 7.50. The highest BCUT2D eigenvalue weighted by atomic mass is 16.5. The van der Waals surface area contributed by atoms with Crippen molar-refractivity contribution >= 4 is 17.6 Å². The van der Waals surface area contributed by atoms with Crippen molar-refractivity contribution < 1.29 is 9.53 Å². The van der Waals surface area contributed by atoms with E-state index >= 15 is 0 Å². The second-order valence-corrected chi connectivity index (χ2v) is 8.69. The van der Waals surface area contributed by atoms with Crippen LogP contribution in [-0.4, -0.2) is 74.7 Å². The summed E-state index contributed by atoms with van der Waals surface area (Å²) < 4.78 is 5.35. The molecule has 29 heavy (non-hydrogen) atoms. The molecule has 0 atom stereocenters. The topological polar surface area (TPSA) is 69.2 Å². The number of carbonyl (C=O) groups is 1. The summed E-state index contributed by atoms with van der Waals surface area (Å²) in [5.74, 6) is 0.993. The van der Waals surface area contributed by atoms with Crippen LogP contribution in [-0.2, 0) is 16.1 Å². The number of hydrogen-bond acceptors (Lipinski definition) is 4. The summed E-state index contributed by atoms with van der Waals surface area (Å²) in [7, 11) is 1.83. The lowest BCUT2D eigenvalue weighted by Crippen LogP contribution is -2.40. The first-order valence-corrected chi connectivity index (χ1v) is 10.6. The van der Waals surface area contributed by atoms with E-state index in [9.17, 15) is 4.79 Å². The maximum atomic E-state index is 12.3. The molecular weight excluding hydrogens is 366 g/mol. The number of anilines is 1. The molecule has 7 nitrogen and oxygen atoms in total. The quantitative estimate of drug-likeness (QED) is 0.565. The van der Waals surface area contributed by atoms with Crippen molar-refractivity contribution in [3.63, 3.8) is 0 Å². The Morgan fingerprint density at radius 1 is 1.24 bits per heavy atom. The third kappa shape index (κ3) is 6.72. The molecule has 2 N–H and O–H groups in total. The second kappa shape index (κ2) is 10.1. The van der Waals surface area contributed by atoms with Gasteiger partial charge in [0.2, 0.25) is 5.91 Å². The Bertz CT molecular complexity index is 713. The molecule has 0 unspecified atom stereocenters. The van der Waals surface area contributed by atoms with Crippen LogP contribution in [0.1, 0.15) is 32.3 Å². The van der Waals surface area contributed by atoms with Gasteiger partial charge in [-0.3, -0.25) is 14.7 Å². The molecule has 1 amide bonds. The van der Waals surface area contributed by atoms with Crippen molar-refractivity contribution in [3.8, 4) is 0 Å². The monoisotopic (exact) mass is 401 g/mol. The number of guanidine groups is 1. The number of nitrogens with one attached hydrogen (secondary N) is 2.